The second kappa shape index (κ2) is 4.56. The smallest absolute Gasteiger partial charge is 0.105 e. The van der Waals surface area contributed by atoms with Crippen LogP contribution in [0.5, 0.6) is 0 Å². The summed E-state index contributed by atoms with van der Waals surface area (Å²) in [5.41, 5.74) is 2.54. The van der Waals surface area contributed by atoms with E-state index in [-0.39, 0.29) is 4.83 Å². The molecule has 18 heavy (non-hydrogen) atoms. The van der Waals surface area contributed by atoms with Gasteiger partial charge in [0, 0.05) is 10.3 Å². The Morgan fingerprint density at radius 1 is 1.17 bits per heavy atom. The van der Waals surface area contributed by atoms with Crippen LogP contribution in [0.2, 0.25) is 0 Å². The normalized spacial score (nSPS) is 13.1. The first-order chi connectivity index (χ1) is 8.66. The van der Waals surface area contributed by atoms with Crippen LogP contribution in [0.15, 0.2) is 40.1 Å². The number of rotatable bonds is 2. The molecular formula is C15H13BrOS. The lowest BCUT2D eigenvalue weighted by Crippen LogP contribution is -1.91. The van der Waals surface area contributed by atoms with Crippen molar-refractivity contribution in [2.45, 2.75) is 18.7 Å². The summed E-state index contributed by atoms with van der Waals surface area (Å²) in [6, 6.07) is 10.6. The molecule has 0 fully saturated rings. The van der Waals surface area contributed by atoms with E-state index in [9.17, 15) is 0 Å². The van der Waals surface area contributed by atoms with Crippen molar-refractivity contribution in [3.8, 4) is 0 Å². The Kier molecular flexibility index (Phi) is 3.04. The third-order valence-electron chi connectivity index (χ3n) is 3.14. The van der Waals surface area contributed by atoms with Gasteiger partial charge in [-0.15, -0.1) is 11.3 Å². The van der Waals surface area contributed by atoms with Gasteiger partial charge in [-0.25, -0.2) is 0 Å². The van der Waals surface area contributed by atoms with Gasteiger partial charge in [0.05, 0.1) is 4.83 Å². The molecule has 0 aliphatic carbocycles. The van der Waals surface area contributed by atoms with E-state index >= 15 is 0 Å². The zero-order valence-electron chi connectivity index (χ0n) is 10.2. The summed E-state index contributed by atoms with van der Waals surface area (Å²) in [5, 5.41) is 3.55. The molecule has 0 amide bonds. The van der Waals surface area contributed by atoms with Crippen molar-refractivity contribution in [3.05, 3.63) is 58.4 Å². The van der Waals surface area contributed by atoms with E-state index in [4.69, 9.17) is 4.42 Å². The molecule has 1 nitrogen and oxygen atoms in total. The number of hydrogen-bond acceptors (Lipinski definition) is 2. The Morgan fingerprint density at radius 2 is 1.94 bits per heavy atom. The first-order valence-electron chi connectivity index (χ1n) is 5.84. The van der Waals surface area contributed by atoms with Gasteiger partial charge >= 0.3 is 0 Å². The molecule has 3 aromatic rings. The third-order valence-corrected chi connectivity index (χ3v) is 5.10. The number of halogens is 1. The maximum atomic E-state index is 5.62. The van der Waals surface area contributed by atoms with E-state index < -0.39 is 0 Å². The fraction of sp³-hybridized carbons (Fsp3) is 0.200. The van der Waals surface area contributed by atoms with E-state index in [1.54, 1.807) is 11.3 Å². The van der Waals surface area contributed by atoms with Crippen LogP contribution in [0, 0.1) is 13.8 Å². The van der Waals surface area contributed by atoms with Crippen LogP contribution in [-0.4, -0.2) is 0 Å². The van der Waals surface area contributed by atoms with Gasteiger partial charge in [0.15, 0.2) is 0 Å². The highest BCUT2D eigenvalue weighted by Gasteiger charge is 2.19. The molecule has 0 N–H and O–H groups in total. The van der Waals surface area contributed by atoms with E-state index in [1.165, 1.54) is 21.2 Å². The van der Waals surface area contributed by atoms with Gasteiger partial charge in [-0.05, 0) is 42.3 Å². The van der Waals surface area contributed by atoms with Crippen molar-refractivity contribution >= 4 is 37.4 Å². The van der Waals surface area contributed by atoms with Crippen molar-refractivity contribution < 1.29 is 4.42 Å². The lowest BCUT2D eigenvalue weighted by molar-refractivity contribution is 0.502. The lowest BCUT2D eigenvalue weighted by Gasteiger charge is -2.07. The predicted octanol–water partition coefficient (Wildman–Crippen LogP) is 5.60. The molecule has 1 atom stereocenters. The van der Waals surface area contributed by atoms with E-state index in [0.717, 1.165) is 11.5 Å². The zero-order chi connectivity index (χ0) is 12.7. The molecule has 3 heteroatoms. The van der Waals surface area contributed by atoms with Crippen LogP contribution in [0.4, 0.5) is 0 Å². The number of aryl methyl sites for hydroxylation is 2. The average Bonchev–Trinajstić information content (AvgIpc) is 2.92. The molecule has 2 aromatic heterocycles. The molecule has 0 radical (unpaired) electrons. The summed E-state index contributed by atoms with van der Waals surface area (Å²) in [6.45, 7) is 4.01. The number of thiophene rings is 1. The summed E-state index contributed by atoms with van der Waals surface area (Å²) in [6.07, 6.45) is 0. The van der Waals surface area contributed by atoms with Crippen LogP contribution < -0.4 is 0 Å². The van der Waals surface area contributed by atoms with Gasteiger partial charge in [-0.1, -0.05) is 34.1 Å². The molecule has 0 saturated carbocycles. The van der Waals surface area contributed by atoms with Gasteiger partial charge in [-0.2, -0.15) is 0 Å². The molecular weight excluding hydrogens is 308 g/mol. The average molecular weight is 321 g/mol. The number of benzene rings is 1. The number of fused-ring (bicyclic) bond motifs is 1. The molecule has 0 aliphatic rings. The fourth-order valence-electron chi connectivity index (χ4n) is 2.26. The maximum Gasteiger partial charge on any atom is 0.105 e. The molecule has 3 rings (SSSR count). The standard InChI is InChI=1S/C15H13BrOS/c1-9-7-12(10(2)17-9)15(16)13-8-18-14-6-4-3-5-11(13)14/h3-8,15H,1-2H3. The quantitative estimate of drug-likeness (QED) is 0.560. The van der Waals surface area contributed by atoms with Gasteiger partial charge < -0.3 is 4.42 Å². The first-order valence-corrected chi connectivity index (χ1v) is 7.63. The highest BCUT2D eigenvalue weighted by molar-refractivity contribution is 9.09. The molecule has 92 valence electrons. The second-order valence-corrected chi connectivity index (χ2v) is 6.25. The Balaban J connectivity index is 2.12. The van der Waals surface area contributed by atoms with Crippen molar-refractivity contribution in [2.75, 3.05) is 0 Å². The maximum absolute atomic E-state index is 5.62. The number of hydrogen-bond donors (Lipinski definition) is 0. The van der Waals surface area contributed by atoms with Crippen LogP contribution in [0.25, 0.3) is 10.1 Å². The molecule has 0 saturated heterocycles. The predicted molar refractivity (Wildman–Crippen MR) is 80.8 cm³/mol. The van der Waals surface area contributed by atoms with Gasteiger partial charge in [-0.3, -0.25) is 0 Å². The summed E-state index contributed by atoms with van der Waals surface area (Å²) in [4.78, 5) is 0.200. The topological polar surface area (TPSA) is 13.1 Å². The second-order valence-electron chi connectivity index (χ2n) is 4.42. The molecule has 0 bridgehead atoms. The third kappa shape index (κ3) is 1.91. The minimum atomic E-state index is 0.200. The van der Waals surface area contributed by atoms with Crippen molar-refractivity contribution in [1.82, 2.24) is 0 Å². The van der Waals surface area contributed by atoms with Crippen molar-refractivity contribution in [1.29, 1.82) is 0 Å². The first kappa shape index (κ1) is 12.0. The van der Waals surface area contributed by atoms with Gasteiger partial charge in [0.2, 0.25) is 0 Å². The van der Waals surface area contributed by atoms with Crippen LogP contribution in [0.3, 0.4) is 0 Å². The van der Waals surface area contributed by atoms with E-state index in [1.807, 2.05) is 13.8 Å². The summed E-state index contributed by atoms with van der Waals surface area (Å²) < 4.78 is 6.95. The fourth-order valence-corrected chi connectivity index (χ4v) is 4.26. The summed E-state index contributed by atoms with van der Waals surface area (Å²) in [7, 11) is 0. The molecule has 0 spiro atoms. The Labute approximate surface area is 119 Å². The van der Waals surface area contributed by atoms with Crippen LogP contribution in [-0.2, 0) is 0 Å². The van der Waals surface area contributed by atoms with Crippen LogP contribution >= 0.6 is 27.3 Å². The number of alkyl halides is 1. The highest BCUT2D eigenvalue weighted by Crippen LogP contribution is 2.40. The Morgan fingerprint density at radius 3 is 2.67 bits per heavy atom. The van der Waals surface area contributed by atoms with E-state index in [0.29, 0.717) is 0 Å². The lowest BCUT2D eigenvalue weighted by atomic mass is 10.0. The molecule has 1 unspecified atom stereocenters. The summed E-state index contributed by atoms with van der Waals surface area (Å²) in [5.74, 6) is 1.95. The van der Waals surface area contributed by atoms with Crippen molar-refractivity contribution in [3.63, 3.8) is 0 Å². The summed E-state index contributed by atoms with van der Waals surface area (Å²) >= 11 is 5.59. The molecule has 0 aliphatic heterocycles. The molecule has 1 aromatic carbocycles. The molecule has 2 heterocycles. The highest BCUT2D eigenvalue weighted by atomic mass is 79.9. The minimum absolute atomic E-state index is 0.200. The van der Waals surface area contributed by atoms with Crippen LogP contribution in [0.1, 0.15) is 27.5 Å². The Bertz CT molecular complexity index is 695. The zero-order valence-corrected chi connectivity index (χ0v) is 12.6. The van der Waals surface area contributed by atoms with Gasteiger partial charge in [0.25, 0.3) is 0 Å². The van der Waals surface area contributed by atoms with Gasteiger partial charge in [0.1, 0.15) is 11.5 Å². The largest absolute Gasteiger partial charge is 0.466 e. The SMILES string of the molecule is Cc1cc(C(Br)c2csc3ccccc23)c(C)o1. The Hall–Kier alpha value is -1.06. The monoisotopic (exact) mass is 320 g/mol. The minimum Gasteiger partial charge on any atom is -0.466 e. The number of furan rings is 1. The van der Waals surface area contributed by atoms with E-state index in [2.05, 4.69) is 51.6 Å². The van der Waals surface area contributed by atoms with Crippen molar-refractivity contribution in [2.24, 2.45) is 0 Å².